The Morgan fingerprint density at radius 3 is 2.93 bits per heavy atom. The van der Waals surface area contributed by atoms with Gasteiger partial charge in [-0.3, -0.25) is 9.89 Å². The van der Waals surface area contributed by atoms with Crippen LogP contribution in [0.5, 0.6) is 0 Å². The molecule has 5 rings (SSSR count). The molecule has 0 unspecified atom stereocenters. The van der Waals surface area contributed by atoms with E-state index in [2.05, 4.69) is 35.5 Å². The van der Waals surface area contributed by atoms with E-state index in [4.69, 9.17) is 0 Å². The average molecular weight is 355 g/mol. The molecule has 0 radical (unpaired) electrons. The Hall–Kier alpha value is -4.07. The zero-order valence-electron chi connectivity index (χ0n) is 14.0. The topological polar surface area (TPSA) is 112 Å². The number of anilines is 1. The fraction of sp³-hybridized carbons (Fsp3) is 0. The van der Waals surface area contributed by atoms with Gasteiger partial charge >= 0.3 is 0 Å². The van der Waals surface area contributed by atoms with Gasteiger partial charge in [-0.15, -0.1) is 0 Å². The number of rotatable bonds is 3. The van der Waals surface area contributed by atoms with E-state index in [9.17, 15) is 4.79 Å². The highest BCUT2D eigenvalue weighted by Gasteiger charge is 2.16. The minimum atomic E-state index is -0.272. The molecule has 1 aromatic carbocycles. The number of nitrogens with zero attached hydrogens (tertiary/aromatic N) is 4. The van der Waals surface area contributed by atoms with Crippen LogP contribution in [0.4, 0.5) is 5.82 Å². The molecule has 0 saturated heterocycles. The van der Waals surface area contributed by atoms with Crippen molar-refractivity contribution in [1.29, 1.82) is 0 Å². The summed E-state index contributed by atoms with van der Waals surface area (Å²) in [6.07, 6.45) is 4.86. The molecule has 3 N–H and O–H groups in total. The summed E-state index contributed by atoms with van der Waals surface area (Å²) in [5.74, 6) is 0.211. The highest BCUT2D eigenvalue weighted by atomic mass is 16.1. The first-order valence-electron chi connectivity index (χ1n) is 8.28. The molecule has 1 amide bonds. The van der Waals surface area contributed by atoms with Crippen molar-refractivity contribution >= 4 is 33.8 Å². The lowest BCUT2D eigenvalue weighted by atomic mass is 10.1. The van der Waals surface area contributed by atoms with Crippen molar-refractivity contribution in [1.82, 2.24) is 30.1 Å². The molecule has 0 aliphatic rings. The zero-order chi connectivity index (χ0) is 18.2. The van der Waals surface area contributed by atoms with Crippen LogP contribution in [0.2, 0.25) is 0 Å². The minimum Gasteiger partial charge on any atom is -0.345 e. The van der Waals surface area contributed by atoms with E-state index in [0.29, 0.717) is 28.1 Å². The molecule has 0 aliphatic heterocycles. The highest BCUT2D eigenvalue weighted by Crippen LogP contribution is 2.26. The normalized spacial score (nSPS) is 11.1. The van der Waals surface area contributed by atoms with E-state index in [1.54, 1.807) is 36.9 Å². The molecular weight excluding hydrogens is 342 g/mol. The zero-order valence-corrected chi connectivity index (χ0v) is 14.0. The molecule has 0 bridgehead atoms. The van der Waals surface area contributed by atoms with E-state index >= 15 is 0 Å². The number of amides is 1. The van der Waals surface area contributed by atoms with Crippen LogP contribution in [-0.4, -0.2) is 36.0 Å². The van der Waals surface area contributed by atoms with Gasteiger partial charge in [0.15, 0.2) is 5.65 Å². The Morgan fingerprint density at radius 2 is 2.04 bits per heavy atom. The van der Waals surface area contributed by atoms with Crippen molar-refractivity contribution in [3.8, 4) is 11.3 Å². The highest BCUT2D eigenvalue weighted by molar-refractivity contribution is 6.12. The molecule has 0 aliphatic carbocycles. The molecule has 130 valence electrons. The molecule has 27 heavy (non-hydrogen) atoms. The number of carbonyl (C=O) groups excluding carboxylic acids is 1. The molecule has 0 fully saturated rings. The minimum absolute atomic E-state index is 0.272. The molecule has 4 aromatic heterocycles. The summed E-state index contributed by atoms with van der Waals surface area (Å²) in [5.41, 5.74) is 4.32. The van der Waals surface area contributed by atoms with Crippen molar-refractivity contribution < 1.29 is 4.79 Å². The monoisotopic (exact) mass is 355 g/mol. The second-order valence-corrected chi connectivity index (χ2v) is 5.99. The molecule has 5 aromatic rings. The number of H-pyrrole nitrogens is 2. The Morgan fingerprint density at radius 1 is 1.07 bits per heavy atom. The fourth-order valence-corrected chi connectivity index (χ4v) is 2.98. The lowest BCUT2D eigenvalue weighted by molar-refractivity contribution is 0.102. The number of nitrogens with one attached hydrogen (secondary N) is 3. The molecule has 0 atom stereocenters. The average Bonchev–Trinajstić information content (AvgIpc) is 3.36. The number of aromatic nitrogens is 6. The summed E-state index contributed by atoms with van der Waals surface area (Å²) in [4.78, 5) is 28.9. The van der Waals surface area contributed by atoms with E-state index < -0.39 is 0 Å². The van der Waals surface area contributed by atoms with Crippen LogP contribution in [0.3, 0.4) is 0 Å². The van der Waals surface area contributed by atoms with E-state index in [0.717, 1.165) is 16.6 Å². The summed E-state index contributed by atoms with van der Waals surface area (Å²) in [5, 5.41) is 10.3. The van der Waals surface area contributed by atoms with Gasteiger partial charge in [0.2, 0.25) is 0 Å². The molecule has 8 nitrogen and oxygen atoms in total. The van der Waals surface area contributed by atoms with Crippen LogP contribution in [-0.2, 0) is 0 Å². The quantitative estimate of drug-likeness (QED) is 0.460. The van der Waals surface area contributed by atoms with Crippen molar-refractivity contribution in [2.24, 2.45) is 0 Å². The van der Waals surface area contributed by atoms with Crippen LogP contribution in [0.15, 0.2) is 61.2 Å². The van der Waals surface area contributed by atoms with Crippen molar-refractivity contribution in [2.45, 2.75) is 0 Å². The maximum atomic E-state index is 12.8. The Labute approximate surface area is 152 Å². The van der Waals surface area contributed by atoms with Gasteiger partial charge in [-0.05, 0) is 30.3 Å². The number of imidazole rings is 1. The van der Waals surface area contributed by atoms with E-state index in [1.807, 2.05) is 24.3 Å². The summed E-state index contributed by atoms with van der Waals surface area (Å²) in [7, 11) is 0. The van der Waals surface area contributed by atoms with Crippen molar-refractivity contribution in [3.05, 3.63) is 66.7 Å². The molecule has 8 heteroatoms. The summed E-state index contributed by atoms with van der Waals surface area (Å²) in [6, 6.07) is 12.9. The van der Waals surface area contributed by atoms with Crippen LogP contribution in [0.25, 0.3) is 33.3 Å². The first-order chi connectivity index (χ1) is 13.3. The molecule has 0 saturated carbocycles. The van der Waals surface area contributed by atoms with Gasteiger partial charge in [0.25, 0.3) is 5.91 Å². The Bertz CT molecular complexity index is 1270. The second kappa shape index (κ2) is 6.03. The largest absolute Gasteiger partial charge is 0.345 e. The predicted molar refractivity (Wildman–Crippen MR) is 101 cm³/mol. The van der Waals surface area contributed by atoms with Gasteiger partial charge in [-0.1, -0.05) is 12.1 Å². The summed E-state index contributed by atoms with van der Waals surface area (Å²) < 4.78 is 0. The maximum Gasteiger partial charge on any atom is 0.257 e. The molecular formula is C19H13N7O. The number of benzene rings is 1. The predicted octanol–water partition coefficient (Wildman–Crippen LogP) is 3.15. The third kappa shape index (κ3) is 2.69. The number of hydrogen-bond acceptors (Lipinski definition) is 5. The number of fused-ring (bicyclic) bond motifs is 2. The van der Waals surface area contributed by atoms with E-state index in [1.165, 1.54) is 0 Å². The van der Waals surface area contributed by atoms with Crippen LogP contribution < -0.4 is 5.32 Å². The number of pyridine rings is 2. The van der Waals surface area contributed by atoms with Gasteiger partial charge in [0, 0.05) is 11.8 Å². The summed E-state index contributed by atoms with van der Waals surface area (Å²) >= 11 is 0. The van der Waals surface area contributed by atoms with Crippen LogP contribution >= 0.6 is 0 Å². The van der Waals surface area contributed by atoms with E-state index in [-0.39, 0.29) is 5.91 Å². The van der Waals surface area contributed by atoms with Gasteiger partial charge in [0.05, 0.1) is 40.2 Å². The van der Waals surface area contributed by atoms with Gasteiger partial charge < -0.3 is 10.3 Å². The molecule has 4 heterocycles. The number of carbonyl (C=O) groups is 1. The Kier molecular flexibility index (Phi) is 3.39. The third-order valence-corrected chi connectivity index (χ3v) is 4.29. The number of hydrogen-bond donors (Lipinski definition) is 3. The standard InChI is InChI=1S/C19H13N7O/c27-19(25-17-3-1-2-6-20-17)12-8-15(24-18-13(12)9-23-26-18)11-4-5-14-16(7-11)22-10-21-14/h1-10H,(H,21,22)(H,20,25,27)(H,23,24,26). The first-order valence-corrected chi connectivity index (χ1v) is 8.28. The van der Waals surface area contributed by atoms with Gasteiger partial charge in [-0.25, -0.2) is 15.0 Å². The smallest absolute Gasteiger partial charge is 0.257 e. The first kappa shape index (κ1) is 15.2. The van der Waals surface area contributed by atoms with Gasteiger partial charge in [-0.2, -0.15) is 5.10 Å². The molecule has 0 spiro atoms. The van der Waals surface area contributed by atoms with Gasteiger partial charge in [0.1, 0.15) is 5.82 Å². The Balaban J connectivity index is 1.61. The van der Waals surface area contributed by atoms with Crippen molar-refractivity contribution in [2.75, 3.05) is 5.32 Å². The maximum absolute atomic E-state index is 12.8. The van der Waals surface area contributed by atoms with Crippen molar-refractivity contribution in [3.63, 3.8) is 0 Å². The second-order valence-electron chi connectivity index (χ2n) is 5.99. The third-order valence-electron chi connectivity index (χ3n) is 4.29. The SMILES string of the molecule is O=C(Nc1ccccn1)c1cc(-c2ccc3nc[nH]c3c2)nc2[nH]ncc12. The number of aromatic amines is 2. The summed E-state index contributed by atoms with van der Waals surface area (Å²) in [6.45, 7) is 0. The fourth-order valence-electron chi connectivity index (χ4n) is 2.98. The van der Waals surface area contributed by atoms with Crippen LogP contribution in [0.1, 0.15) is 10.4 Å². The lowest BCUT2D eigenvalue weighted by Crippen LogP contribution is -2.13. The lowest BCUT2D eigenvalue weighted by Gasteiger charge is -2.08. The van der Waals surface area contributed by atoms with Crippen LogP contribution in [0, 0.1) is 0 Å².